The van der Waals surface area contributed by atoms with Crippen LogP contribution in [-0.2, 0) is 11.3 Å². The van der Waals surface area contributed by atoms with Gasteiger partial charge in [0.2, 0.25) is 5.91 Å². The fraction of sp³-hybridized carbons (Fsp3) is 0.100. The lowest BCUT2D eigenvalue weighted by Crippen LogP contribution is -2.20. The zero-order chi connectivity index (χ0) is 20.9. The number of para-hydroxylation sites is 1. The molecule has 3 aromatic rings. The van der Waals surface area contributed by atoms with E-state index in [1.165, 1.54) is 47.4 Å². The van der Waals surface area contributed by atoms with Gasteiger partial charge in [0.15, 0.2) is 0 Å². The molecule has 0 radical (unpaired) electrons. The molecule has 3 rings (SSSR count). The van der Waals surface area contributed by atoms with Crippen LogP contribution in [0.15, 0.2) is 67.3 Å². The number of halogens is 4. The van der Waals surface area contributed by atoms with Crippen molar-refractivity contribution in [2.24, 2.45) is 0 Å². The third-order valence-electron chi connectivity index (χ3n) is 3.82. The second-order valence-electron chi connectivity index (χ2n) is 5.89. The van der Waals surface area contributed by atoms with E-state index in [2.05, 4.69) is 15.0 Å². The third kappa shape index (κ3) is 5.68. The highest BCUT2D eigenvalue weighted by Crippen LogP contribution is 2.27. The molecule has 29 heavy (non-hydrogen) atoms. The van der Waals surface area contributed by atoms with Crippen molar-refractivity contribution in [3.8, 4) is 11.4 Å². The molecule has 1 aromatic heterocycles. The number of nitrogens with one attached hydrogen (secondary N) is 1. The average Bonchev–Trinajstić information content (AvgIpc) is 3.19. The van der Waals surface area contributed by atoms with Gasteiger partial charge in [-0.1, -0.05) is 24.3 Å². The quantitative estimate of drug-likeness (QED) is 0.493. The van der Waals surface area contributed by atoms with Gasteiger partial charge in [-0.05, 0) is 29.8 Å². The molecule has 0 fully saturated rings. The molecule has 0 aliphatic carbocycles. The smallest absolute Gasteiger partial charge is 0.405 e. The predicted octanol–water partition coefficient (Wildman–Crippen LogP) is 4.24. The second-order valence-corrected chi connectivity index (χ2v) is 5.89. The Bertz CT molecular complexity index is 1010. The number of imidazole rings is 1. The molecule has 1 amide bonds. The van der Waals surface area contributed by atoms with E-state index >= 15 is 0 Å². The molecule has 1 heterocycles. The van der Waals surface area contributed by atoms with Crippen molar-refractivity contribution in [2.45, 2.75) is 12.9 Å². The fourth-order valence-corrected chi connectivity index (χ4v) is 2.52. The number of aromatic nitrogens is 2. The first-order valence-electron chi connectivity index (χ1n) is 8.39. The van der Waals surface area contributed by atoms with Gasteiger partial charge in [-0.2, -0.15) is 0 Å². The zero-order valence-corrected chi connectivity index (χ0v) is 14.9. The number of hydrogen-bond donors (Lipinski definition) is 1. The lowest BCUT2D eigenvalue weighted by atomic mass is 10.1. The van der Waals surface area contributed by atoms with E-state index in [4.69, 9.17) is 0 Å². The van der Waals surface area contributed by atoms with Crippen molar-refractivity contribution in [2.75, 3.05) is 0 Å². The topological polar surface area (TPSA) is 56.1 Å². The molecule has 0 spiro atoms. The second kappa shape index (κ2) is 8.59. The molecule has 0 bridgehead atoms. The summed E-state index contributed by atoms with van der Waals surface area (Å²) in [5.74, 6) is -1.45. The maximum Gasteiger partial charge on any atom is 0.573 e. The van der Waals surface area contributed by atoms with Crippen molar-refractivity contribution in [1.82, 2.24) is 14.9 Å². The number of carbonyl (C=O) groups is 1. The Balaban J connectivity index is 1.61. The van der Waals surface area contributed by atoms with Gasteiger partial charge in [-0.15, -0.1) is 13.2 Å². The van der Waals surface area contributed by atoms with E-state index in [0.29, 0.717) is 11.3 Å². The Morgan fingerprint density at radius 1 is 1.21 bits per heavy atom. The van der Waals surface area contributed by atoms with Crippen LogP contribution in [0.1, 0.15) is 11.1 Å². The van der Waals surface area contributed by atoms with E-state index in [1.54, 1.807) is 18.3 Å². The predicted molar refractivity (Wildman–Crippen MR) is 97.5 cm³/mol. The number of ether oxygens (including phenoxy) is 1. The minimum absolute atomic E-state index is 0.0466. The van der Waals surface area contributed by atoms with Gasteiger partial charge in [0, 0.05) is 30.6 Å². The summed E-state index contributed by atoms with van der Waals surface area (Å²) in [7, 11) is 0. The van der Waals surface area contributed by atoms with Crippen molar-refractivity contribution in [3.05, 3.63) is 84.2 Å². The largest absolute Gasteiger partial charge is 0.573 e. The minimum Gasteiger partial charge on any atom is -0.405 e. The number of hydrogen-bond acceptors (Lipinski definition) is 3. The molecule has 0 unspecified atom stereocenters. The van der Waals surface area contributed by atoms with Crippen molar-refractivity contribution < 1.29 is 27.1 Å². The number of carbonyl (C=O) groups excluding carboxylic acids is 1. The molecular weight excluding hydrogens is 390 g/mol. The van der Waals surface area contributed by atoms with Crippen LogP contribution >= 0.6 is 0 Å². The molecule has 0 saturated heterocycles. The average molecular weight is 405 g/mol. The highest BCUT2D eigenvalue weighted by atomic mass is 19.4. The number of amides is 1. The molecule has 1 N–H and O–H groups in total. The molecule has 0 atom stereocenters. The van der Waals surface area contributed by atoms with E-state index < -0.39 is 23.8 Å². The first-order chi connectivity index (χ1) is 13.8. The summed E-state index contributed by atoms with van der Waals surface area (Å²) in [6, 6.07) is 9.93. The van der Waals surface area contributed by atoms with E-state index in [1.807, 2.05) is 0 Å². The number of rotatable bonds is 6. The summed E-state index contributed by atoms with van der Waals surface area (Å²) in [5.41, 5.74) is 0.934. The van der Waals surface area contributed by atoms with Crippen LogP contribution in [0.3, 0.4) is 0 Å². The van der Waals surface area contributed by atoms with E-state index in [0.717, 1.165) is 12.1 Å². The number of nitrogens with zero attached hydrogens (tertiary/aromatic N) is 2. The Kier molecular flexibility index (Phi) is 5.96. The lowest BCUT2D eigenvalue weighted by Gasteiger charge is -2.11. The Morgan fingerprint density at radius 3 is 2.69 bits per heavy atom. The van der Waals surface area contributed by atoms with Crippen molar-refractivity contribution >= 4 is 12.0 Å². The molecule has 0 saturated carbocycles. The lowest BCUT2D eigenvalue weighted by molar-refractivity contribution is -0.274. The van der Waals surface area contributed by atoms with Gasteiger partial charge in [-0.25, -0.2) is 9.37 Å². The zero-order valence-electron chi connectivity index (χ0n) is 14.9. The van der Waals surface area contributed by atoms with Gasteiger partial charge in [0.25, 0.3) is 0 Å². The van der Waals surface area contributed by atoms with Gasteiger partial charge in [0.05, 0.1) is 12.0 Å². The van der Waals surface area contributed by atoms with Crippen LogP contribution < -0.4 is 10.1 Å². The highest BCUT2D eigenvalue weighted by molar-refractivity contribution is 5.92. The SMILES string of the molecule is O=C(/C=C/c1ccccc1OC(F)(F)F)NCc1ccc(-n2ccnc2)c(F)c1. The third-order valence-corrected chi connectivity index (χ3v) is 3.82. The first kappa shape index (κ1) is 20.1. The van der Waals surface area contributed by atoms with Gasteiger partial charge >= 0.3 is 6.36 Å². The van der Waals surface area contributed by atoms with Gasteiger partial charge < -0.3 is 14.6 Å². The summed E-state index contributed by atoms with van der Waals surface area (Å²) in [5, 5.41) is 2.54. The normalized spacial score (nSPS) is 11.6. The van der Waals surface area contributed by atoms with E-state index in [9.17, 15) is 22.4 Å². The monoisotopic (exact) mass is 405 g/mol. The fourth-order valence-electron chi connectivity index (χ4n) is 2.52. The molecule has 0 aliphatic rings. The molecule has 150 valence electrons. The summed E-state index contributed by atoms with van der Waals surface area (Å²) >= 11 is 0. The van der Waals surface area contributed by atoms with Crippen LogP contribution in [0.25, 0.3) is 11.8 Å². The molecule has 5 nitrogen and oxygen atoms in total. The standard InChI is InChI=1S/C20H15F4N3O2/c21-16-11-14(5-7-17(16)27-10-9-25-13-27)12-26-19(28)8-6-15-3-1-2-4-18(15)29-20(22,23)24/h1-11,13H,12H2,(H,26,28)/b8-6+. The molecule has 9 heteroatoms. The minimum atomic E-state index is -4.83. The van der Waals surface area contributed by atoms with Gasteiger partial charge in [-0.3, -0.25) is 4.79 Å². The van der Waals surface area contributed by atoms with Crippen molar-refractivity contribution in [1.29, 1.82) is 0 Å². The van der Waals surface area contributed by atoms with Crippen LogP contribution in [-0.4, -0.2) is 21.8 Å². The maximum absolute atomic E-state index is 14.2. The van der Waals surface area contributed by atoms with Crippen LogP contribution in [0.4, 0.5) is 17.6 Å². The molecule has 0 aliphatic heterocycles. The van der Waals surface area contributed by atoms with Crippen LogP contribution in [0, 0.1) is 5.82 Å². The maximum atomic E-state index is 14.2. The Hall–Kier alpha value is -3.62. The van der Waals surface area contributed by atoms with Gasteiger partial charge in [0.1, 0.15) is 11.6 Å². The Morgan fingerprint density at radius 2 is 2.00 bits per heavy atom. The highest BCUT2D eigenvalue weighted by Gasteiger charge is 2.31. The van der Waals surface area contributed by atoms with Crippen molar-refractivity contribution in [3.63, 3.8) is 0 Å². The molecule has 2 aromatic carbocycles. The van der Waals surface area contributed by atoms with Crippen LogP contribution in [0.2, 0.25) is 0 Å². The summed E-state index contributed by atoms with van der Waals surface area (Å²) < 4.78 is 56.9. The number of alkyl halides is 3. The first-order valence-corrected chi connectivity index (χ1v) is 8.39. The summed E-state index contributed by atoms with van der Waals surface area (Å²) in [4.78, 5) is 15.8. The molecular formula is C20H15F4N3O2. The van der Waals surface area contributed by atoms with Crippen LogP contribution in [0.5, 0.6) is 5.75 Å². The summed E-state index contributed by atoms with van der Waals surface area (Å²) in [6.45, 7) is 0.0466. The van der Waals surface area contributed by atoms with E-state index in [-0.39, 0.29) is 12.1 Å². The Labute approximate surface area is 163 Å². The number of benzene rings is 2. The summed E-state index contributed by atoms with van der Waals surface area (Å²) in [6.07, 6.45) is 2.04.